The first kappa shape index (κ1) is 19.1. The quantitative estimate of drug-likeness (QED) is 0.593. The number of nitrogens with zero attached hydrogens (tertiary/aromatic N) is 2. The van der Waals surface area contributed by atoms with Crippen molar-refractivity contribution in [1.82, 2.24) is 9.88 Å². The minimum absolute atomic E-state index is 0.176. The summed E-state index contributed by atoms with van der Waals surface area (Å²) >= 11 is 7.65. The molecule has 0 saturated carbocycles. The highest BCUT2D eigenvalue weighted by Gasteiger charge is 2.07. The minimum Gasteiger partial charge on any atom is -0.492 e. The normalized spacial score (nSPS) is 11.4. The van der Waals surface area contributed by atoms with Crippen molar-refractivity contribution in [3.63, 3.8) is 0 Å². The van der Waals surface area contributed by atoms with Gasteiger partial charge in [0.2, 0.25) is 0 Å². The Bertz CT molecular complexity index is 835. The summed E-state index contributed by atoms with van der Waals surface area (Å²) in [6, 6.07) is 14.0. The molecule has 3 rings (SSSR count). The van der Waals surface area contributed by atoms with Gasteiger partial charge in [-0.3, -0.25) is 4.90 Å². The lowest BCUT2D eigenvalue weighted by atomic mass is 10.2. The van der Waals surface area contributed by atoms with Crippen molar-refractivity contribution < 1.29 is 9.84 Å². The molecule has 0 bridgehead atoms. The Kier molecular flexibility index (Phi) is 6.86. The Morgan fingerprint density at radius 3 is 2.69 bits per heavy atom. The molecule has 1 heterocycles. The SMILES string of the molecule is CCN(CCO)CCOc1ccc2sc(Cc3ccc(Cl)cc3)nc2c1. The lowest BCUT2D eigenvalue weighted by Crippen LogP contribution is -2.30. The zero-order valence-corrected chi connectivity index (χ0v) is 16.4. The Morgan fingerprint density at radius 2 is 1.96 bits per heavy atom. The fraction of sp³-hybridized carbons (Fsp3) is 0.350. The molecule has 1 aromatic heterocycles. The Hall–Kier alpha value is -1.66. The van der Waals surface area contributed by atoms with E-state index in [-0.39, 0.29) is 6.61 Å². The van der Waals surface area contributed by atoms with E-state index in [2.05, 4.69) is 17.9 Å². The van der Waals surface area contributed by atoms with Crippen LogP contribution in [-0.4, -0.2) is 47.8 Å². The molecule has 0 aliphatic heterocycles. The topological polar surface area (TPSA) is 45.6 Å². The number of likely N-dealkylation sites (N-methyl/N-ethyl adjacent to an activating group) is 1. The summed E-state index contributed by atoms with van der Waals surface area (Å²) in [4.78, 5) is 6.90. The van der Waals surface area contributed by atoms with Crippen molar-refractivity contribution in [2.24, 2.45) is 0 Å². The Balaban J connectivity index is 1.62. The average molecular weight is 391 g/mol. The third kappa shape index (κ3) is 5.17. The monoisotopic (exact) mass is 390 g/mol. The van der Waals surface area contributed by atoms with Gasteiger partial charge < -0.3 is 9.84 Å². The van der Waals surface area contributed by atoms with E-state index in [0.717, 1.165) is 45.5 Å². The molecule has 0 unspecified atom stereocenters. The van der Waals surface area contributed by atoms with Crippen LogP contribution in [0.3, 0.4) is 0 Å². The highest BCUT2D eigenvalue weighted by molar-refractivity contribution is 7.18. The molecular weight excluding hydrogens is 368 g/mol. The van der Waals surface area contributed by atoms with Crippen LogP contribution in [0.1, 0.15) is 17.5 Å². The number of aliphatic hydroxyl groups is 1. The van der Waals surface area contributed by atoms with Gasteiger partial charge in [-0.05, 0) is 36.4 Å². The molecule has 6 heteroatoms. The molecule has 0 spiro atoms. The maximum atomic E-state index is 9.03. The molecule has 0 radical (unpaired) electrons. The summed E-state index contributed by atoms with van der Waals surface area (Å²) in [6.07, 6.45) is 0.805. The highest BCUT2D eigenvalue weighted by Crippen LogP contribution is 2.27. The van der Waals surface area contributed by atoms with Gasteiger partial charge in [0.25, 0.3) is 0 Å². The number of thiazole rings is 1. The van der Waals surface area contributed by atoms with Gasteiger partial charge >= 0.3 is 0 Å². The molecule has 0 aliphatic rings. The second-order valence-electron chi connectivity index (χ2n) is 6.05. The number of rotatable bonds is 9. The molecule has 138 valence electrons. The highest BCUT2D eigenvalue weighted by atomic mass is 35.5. The van der Waals surface area contributed by atoms with Gasteiger partial charge in [-0.25, -0.2) is 4.98 Å². The maximum Gasteiger partial charge on any atom is 0.121 e. The molecule has 26 heavy (non-hydrogen) atoms. The molecule has 0 saturated heterocycles. The lowest BCUT2D eigenvalue weighted by Gasteiger charge is -2.18. The van der Waals surface area contributed by atoms with E-state index in [1.165, 1.54) is 5.56 Å². The number of hydrogen-bond acceptors (Lipinski definition) is 5. The van der Waals surface area contributed by atoms with E-state index in [1.807, 2.05) is 36.4 Å². The fourth-order valence-electron chi connectivity index (χ4n) is 2.76. The van der Waals surface area contributed by atoms with Gasteiger partial charge in [-0.1, -0.05) is 30.7 Å². The van der Waals surface area contributed by atoms with Crippen LogP contribution >= 0.6 is 22.9 Å². The van der Waals surface area contributed by atoms with Crippen LogP contribution in [-0.2, 0) is 6.42 Å². The zero-order valence-electron chi connectivity index (χ0n) is 14.8. The molecule has 0 amide bonds. The number of ether oxygens (including phenoxy) is 1. The molecule has 0 fully saturated rings. The van der Waals surface area contributed by atoms with E-state index < -0.39 is 0 Å². The number of aromatic nitrogens is 1. The second kappa shape index (κ2) is 9.33. The summed E-state index contributed by atoms with van der Waals surface area (Å²) in [5, 5.41) is 10.9. The number of halogens is 1. The van der Waals surface area contributed by atoms with Crippen LogP contribution in [0.15, 0.2) is 42.5 Å². The van der Waals surface area contributed by atoms with Crippen LogP contribution in [0.25, 0.3) is 10.2 Å². The van der Waals surface area contributed by atoms with Gasteiger partial charge in [0.15, 0.2) is 0 Å². The van der Waals surface area contributed by atoms with Gasteiger partial charge in [0.1, 0.15) is 12.4 Å². The van der Waals surface area contributed by atoms with E-state index in [0.29, 0.717) is 13.2 Å². The predicted octanol–water partition coefficient (Wildman–Crippen LogP) is 4.23. The third-order valence-electron chi connectivity index (χ3n) is 4.21. The summed E-state index contributed by atoms with van der Waals surface area (Å²) in [6.45, 7) is 5.24. The van der Waals surface area contributed by atoms with Crippen LogP contribution in [0, 0.1) is 0 Å². The number of aliphatic hydroxyl groups excluding tert-OH is 1. The second-order valence-corrected chi connectivity index (χ2v) is 7.60. The first-order valence-electron chi connectivity index (χ1n) is 8.78. The van der Waals surface area contributed by atoms with Crippen LogP contribution < -0.4 is 4.74 Å². The van der Waals surface area contributed by atoms with Crippen molar-refractivity contribution in [2.45, 2.75) is 13.3 Å². The summed E-state index contributed by atoms with van der Waals surface area (Å²) < 4.78 is 7.02. The first-order valence-corrected chi connectivity index (χ1v) is 9.97. The summed E-state index contributed by atoms with van der Waals surface area (Å²) in [7, 11) is 0. The van der Waals surface area contributed by atoms with E-state index in [9.17, 15) is 0 Å². The average Bonchev–Trinajstić information content (AvgIpc) is 3.04. The molecule has 0 aliphatic carbocycles. The molecular formula is C20H23ClN2O2S. The van der Waals surface area contributed by atoms with Gasteiger partial charge in [0.05, 0.1) is 21.8 Å². The summed E-state index contributed by atoms with van der Waals surface area (Å²) in [5.41, 5.74) is 2.17. The maximum absolute atomic E-state index is 9.03. The molecule has 1 N–H and O–H groups in total. The van der Waals surface area contributed by atoms with E-state index >= 15 is 0 Å². The van der Waals surface area contributed by atoms with Crippen molar-refractivity contribution in [1.29, 1.82) is 0 Å². The Morgan fingerprint density at radius 1 is 1.15 bits per heavy atom. The van der Waals surface area contributed by atoms with E-state index in [1.54, 1.807) is 11.3 Å². The fourth-order valence-corrected chi connectivity index (χ4v) is 3.87. The van der Waals surface area contributed by atoms with Gasteiger partial charge in [-0.15, -0.1) is 11.3 Å². The third-order valence-corrected chi connectivity index (χ3v) is 5.50. The zero-order chi connectivity index (χ0) is 18.4. The minimum atomic E-state index is 0.176. The van der Waals surface area contributed by atoms with Crippen molar-refractivity contribution in [2.75, 3.05) is 32.8 Å². The molecule has 2 aromatic carbocycles. The lowest BCUT2D eigenvalue weighted by molar-refractivity contribution is 0.174. The van der Waals surface area contributed by atoms with E-state index in [4.69, 9.17) is 26.4 Å². The Labute approximate surface area is 163 Å². The van der Waals surface area contributed by atoms with Gasteiger partial charge in [0, 0.05) is 30.6 Å². The van der Waals surface area contributed by atoms with Crippen LogP contribution in [0.4, 0.5) is 0 Å². The van der Waals surface area contributed by atoms with Crippen LogP contribution in [0.2, 0.25) is 5.02 Å². The first-order chi connectivity index (χ1) is 12.7. The van der Waals surface area contributed by atoms with Crippen molar-refractivity contribution in [3.8, 4) is 5.75 Å². The van der Waals surface area contributed by atoms with Crippen LogP contribution in [0.5, 0.6) is 5.75 Å². The van der Waals surface area contributed by atoms with Gasteiger partial charge in [-0.2, -0.15) is 0 Å². The predicted molar refractivity (Wildman–Crippen MR) is 109 cm³/mol. The molecule has 3 aromatic rings. The molecule has 4 nitrogen and oxygen atoms in total. The summed E-state index contributed by atoms with van der Waals surface area (Å²) in [5.74, 6) is 0.834. The number of benzene rings is 2. The van der Waals surface area contributed by atoms with Crippen molar-refractivity contribution in [3.05, 3.63) is 58.1 Å². The molecule has 0 atom stereocenters. The van der Waals surface area contributed by atoms with Crippen molar-refractivity contribution >= 4 is 33.2 Å². The smallest absolute Gasteiger partial charge is 0.121 e. The standard InChI is InChI=1S/C20H23ClN2O2S/c1-2-23(9-11-24)10-12-25-17-7-8-19-18(14-17)22-20(26-19)13-15-3-5-16(21)6-4-15/h3-8,14,24H,2,9-13H2,1H3. The largest absolute Gasteiger partial charge is 0.492 e. The number of fused-ring (bicyclic) bond motifs is 1. The number of hydrogen-bond donors (Lipinski definition) is 1.